The van der Waals surface area contributed by atoms with E-state index < -0.39 is 0 Å². The van der Waals surface area contributed by atoms with Crippen molar-refractivity contribution in [1.82, 2.24) is 4.90 Å². The molecular weight excluding hydrogens is 246 g/mol. The van der Waals surface area contributed by atoms with Crippen LogP contribution in [0.4, 0.5) is 0 Å². The average molecular weight is 273 g/mol. The van der Waals surface area contributed by atoms with Crippen molar-refractivity contribution in [2.24, 2.45) is 5.92 Å². The lowest BCUT2D eigenvalue weighted by molar-refractivity contribution is 0.220. The monoisotopic (exact) mass is 273 g/mol. The minimum absolute atomic E-state index is 0.129. The number of hydrogen-bond acceptors (Lipinski definition) is 2. The van der Waals surface area contributed by atoms with Crippen LogP contribution in [0.1, 0.15) is 44.7 Å². The third-order valence-corrected chi connectivity index (χ3v) is 3.42. The van der Waals surface area contributed by atoms with Crippen molar-refractivity contribution in [3.05, 3.63) is 35.4 Å². The molecule has 0 saturated carbocycles. The molecule has 0 aliphatic carbocycles. The van der Waals surface area contributed by atoms with E-state index in [2.05, 4.69) is 68.8 Å². The molecule has 20 heavy (non-hydrogen) atoms. The van der Waals surface area contributed by atoms with Gasteiger partial charge in [-0.1, -0.05) is 37.8 Å². The summed E-state index contributed by atoms with van der Waals surface area (Å²) < 4.78 is 0. The normalized spacial score (nSPS) is 12.3. The van der Waals surface area contributed by atoms with Gasteiger partial charge in [-0.05, 0) is 44.0 Å². The van der Waals surface area contributed by atoms with E-state index in [9.17, 15) is 0 Å². The molecule has 1 aromatic carbocycles. The lowest BCUT2D eigenvalue weighted by atomic mass is 10.0. The molecule has 110 valence electrons. The molecule has 1 rings (SSSR count). The van der Waals surface area contributed by atoms with Gasteiger partial charge in [-0.15, -0.1) is 0 Å². The number of aliphatic hydroxyl groups is 1. The number of rotatable bonds is 6. The minimum atomic E-state index is 0.129. The third-order valence-electron chi connectivity index (χ3n) is 3.42. The molecule has 0 aromatic heterocycles. The van der Waals surface area contributed by atoms with Gasteiger partial charge < -0.3 is 5.11 Å². The van der Waals surface area contributed by atoms with Gasteiger partial charge in [0.2, 0.25) is 0 Å². The molecule has 0 spiro atoms. The van der Waals surface area contributed by atoms with Crippen LogP contribution in [-0.2, 0) is 6.54 Å². The van der Waals surface area contributed by atoms with Gasteiger partial charge in [-0.25, -0.2) is 0 Å². The molecule has 0 saturated heterocycles. The SMILES string of the molecule is CC(C)CC(C)N(C)Cc1ccc(C#CCCO)cc1. The Labute approximate surface area is 123 Å². The Morgan fingerprint density at radius 3 is 2.35 bits per heavy atom. The first-order valence-electron chi connectivity index (χ1n) is 7.41. The molecule has 0 bridgehead atoms. The third kappa shape index (κ3) is 6.23. The molecule has 1 unspecified atom stereocenters. The minimum Gasteiger partial charge on any atom is -0.395 e. The predicted molar refractivity (Wildman–Crippen MR) is 85.4 cm³/mol. The van der Waals surface area contributed by atoms with E-state index in [0.717, 1.165) is 18.0 Å². The zero-order valence-electron chi connectivity index (χ0n) is 13.2. The second-order valence-electron chi connectivity index (χ2n) is 5.87. The summed E-state index contributed by atoms with van der Waals surface area (Å²) in [5.41, 5.74) is 2.33. The van der Waals surface area contributed by atoms with Crippen molar-refractivity contribution in [3.63, 3.8) is 0 Å². The Hall–Kier alpha value is -1.30. The van der Waals surface area contributed by atoms with E-state index in [-0.39, 0.29) is 6.61 Å². The largest absolute Gasteiger partial charge is 0.395 e. The highest BCUT2D eigenvalue weighted by atomic mass is 16.2. The standard InChI is InChI=1S/C18H27NO/c1-15(2)13-16(3)19(4)14-18-10-8-17(9-11-18)7-5-6-12-20/h8-11,15-16,20H,6,12-14H2,1-4H3. The summed E-state index contributed by atoms with van der Waals surface area (Å²) in [6.45, 7) is 7.92. The highest BCUT2D eigenvalue weighted by Crippen LogP contribution is 2.13. The van der Waals surface area contributed by atoms with Crippen LogP contribution in [-0.4, -0.2) is 29.7 Å². The molecule has 2 heteroatoms. The van der Waals surface area contributed by atoms with Crippen molar-refractivity contribution in [3.8, 4) is 11.8 Å². The van der Waals surface area contributed by atoms with Gasteiger partial charge in [-0.2, -0.15) is 0 Å². The first-order valence-corrected chi connectivity index (χ1v) is 7.41. The van der Waals surface area contributed by atoms with E-state index in [1.807, 2.05) is 0 Å². The summed E-state index contributed by atoms with van der Waals surface area (Å²) in [6, 6.07) is 8.99. The molecule has 0 aliphatic heterocycles. The van der Waals surface area contributed by atoms with E-state index in [1.165, 1.54) is 12.0 Å². The van der Waals surface area contributed by atoms with Crippen molar-refractivity contribution >= 4 is 0 Å². The maximum atomic E-state index is 8.69. The number of aliphatic hydroxyl groups excluding tert-OH is 1. The summed E-state index contributed by atoms with van der Waals surface area (Å²) in [5.74, 6) is 6.73. The predicted octanol–water partition coefficient (Wildman–Crippen LogP) is 3.29. The molecular formula is C18H27NO. The number of benzene rings is 1. The molecule has 0 fully saturated rings. The summed E-state index contributed by atoms with van der Waals surface area (Å²) in [7, 11) is 2.18. The summed E-state index contributed by atoms with van der Waals surface area (Å²) in [4.78, 5) is 2.40. The molecule has 0 radical (unpaired) electrons. The quantitative estimate of drug-likeness (QED) is 0.804. The summed E-state index contributed by atoms with van der Waals surface area (Å²) in [6.07, 6.45) is 1.76. The smallest absolute Gasteiger partial charge is 0.0540 e. The Morgan fingerprint density at radius 2 is 1.80 bits per heavy atom. The second-order valence-corrected chi connectivity index (χ2v) is 5.87. The zero-order valence-corrected chi connectivity index (χ0v) is 13.2. The van der Waals surface area contributed by atoms with Gasteiger partial charge in [0.15, 0.2) is 0 Å². The lowest BCUT2D eigenvalue weighted by Crippen LogP contribution is -2.29. The van der Waals surface area contributed by atoms with Crippen molar-refractivity contribution in [1.29, 1.82) is 0 Å². The van der Waals surface area contributed by atoms with Gasteiger partial charge in [0, 0.05) is 24.6 Å². The van der Waals surface area contributed by atoms with Crippen molar-refractivity contribution in [2.75, 3.05) is 13.7 Å². The van der Waals surface area contributed by atoms with Gasteiger partial charge in [0.25, 0.3) is 0 Å². The Bertz CT molecular complexity index is 439. The number of hydrogen-bond donors (Lipinski definition) is 1. The first kappa shape index (κ1) is 16.8. The fourth-order valence-electron chi connectivity index (χ4n) is 2.22. The van der Waals surface area contributed by atoms with Crippen LogP contribution in [0.3, 0.4) is 0 Å². The first-order chi connectivity index (χ1) is 9.52. The molecule has 1 N–H and O–H groups in total. The summed E-state index contributed by atoms with van der Waals surface area (Å²) in [5, 5.41) is 8.69. The Balaban J connectivity index is 2.55. The molecule has 1 atom stereocenters. The van der Waals surface area contributed by atoms with Crippen LogP contribution >= 0.6 is 0 Å². The van der Waals surface area contributed by atoms with Gasteiger partial charge in [0.05, 0.1) is 6.61 Å². The maximum absolute atomic E-state index is 8.69. The van der Waals surface area contributed by atoms with Gasteiger partial charge >= 0.3 is 0 Å². The molecule has 1 aromatic rings. The van der Waals surface area contributed by atoms with Crippen LogP contribution in [0.15, 0.2) is 24.3 Å². The second kappa shape index (κ2) is 8.79. The highest BCUT2D eigenvalue weighted by Gasteiger charge is 2.11. The van der Waals surface area contributed by atoms with Gasteiger partial charge in [0.1, 0.15) is 0 Å². The van der Waals surface area contributed by atoms with E-state index in [4.69, 9.17) is 5.11 Å². The Morgan fingerprint density at radius 1 is 1.15 bits per heavy atom. The van der Waals surface area contributed by atoms with Crippen LogP contribution in [0.5, 0.6) is 0 Å². The Kier molecular flexibility index (Phi) is 7.36. The van der Waals surface area contributed by atoms with Crippen LogP contribution in [0, 0.1) is 17.8 Å². The van der Waals surface area contributed by atoms with Crippen molar-refractivity contribution < 1.29 is 5.11 Å². The molecule has 2 nitrogen and oxygen atoms in total. The molecule has 0 heterocycles. The fraction of sp³-hybridized carbons (Fsp3) is 0.556. The fourth-order valence-corrected chi connectivity index (χ4v) is 2.22. The van der Waals surface area contributed by atoms with Crippen LogP contribution in [0.25, 0.3) is 0 Å². The molecule has 0 aliphatic rings. The molecule has 0 amide bonds. The van der Waals surface area contributed by atoms with E-state index >= 15 is 0 Å². The lowest BCUT2D eigenvalue weighted by Gasteiger charge is -2.26. The topological polar surface area (TPSA) is 23.5 Å². The maximum Gasteiger partial charge on any atom is 0.0540 e. The zero-order chi connectivity index (χ0) is 15.0. The highest BCUT2D eigenvalue weighted by molar-refractivity contribution is 5.36. The number of nitrogens with zero attached hydrogens (tertiary/aromatic N) is 1. The average Bonchev–Trinajstić information content (AvgIpc) is 2.40. The van der Waals surface area contributed by atoms with Gasteiger partial charge in [-0.3, -0.25) is 4.90 Å². The van der Waals surface area contributed by atoms with Crippen molar-refractivity contribution in [2.45, 2.75) is 46.2 Å². The van der Waals surface area contributed by atoms with Crippen LogP contribution in [0.2, 0.25) is 0 Å². The van der Waals surface area contributed by atoms with E-state index in [1.54, 1.807) is 0 Å². The van der Waals surface area contributed by atoms with Crippen LogP contribution < -0.4 is 0 Å². The summed E-state index contributed by atoms with van der Waals surface area (Å²) >= 11 is 0. The van der Waals surface area contributed by atoms with E-state index in [0.29, 0.717) is 12.5 Å².